The van der Waals surface area contributed by atoms with Crippen molar-refractivity contribution in [1.29, 1.82) is 0 Å². The molecule has 0 bridgehead atoms. The summed E-state index contributed by atoms with van der Waals surface area (Å²) in [6.07, 6.45) is 0.171. The molecule has 1 aromatic carbocycles. The van der Waals surface area contributed by atoms with E-state index in [1.54, 1.807) is 38.1 Å². The van der Waals surface area contributed by atoms with E-state index in [9.17, 15) is 9.59 Å². The second-order valence-electron chi connectivity index (χ2n) is 4.73. The van der Waals surface area contributed by atoms with Gasteiger partial charge in [-0.05, 0) is 31.2 Å². The molecular formula is C14H22ClN3O3. The first-order valence-corrected chi connectivity index (χ1v) is 6.47. The van der Waals surface area contributed by atoms with Gasteiger partial charge in [-0.3, -0.25) is 9.59 Å². The molecule has 0 aromatic heterocycles. The molecular weight excluding hydrogens is 294 g/mol. The minimum atomic E-state index is -0.404. The molecule has 21 heavy (non-hydrogen) atoms. The van der Waals surface area contributed by atoms with E-state index in [4.69, 9.17) is 16.2 Å². The lowest BCUT2D eigenvalue weighted by molar-refractivity contribution is -0.120. The highest BCUT2D eigenvalue weighted by molar-refractivity contribution is 5.92. The van der Waals surface area contributed by atoms with E-state index in [0.29, 0.717) is 11.4 Å². The Bertz CT molecular complexity index is 463. The molecule has 5 N–H and O–H groups in total. The average Bonchev–Trinajstić information content (AvgIpc) is 2.39. The lowest BCUT2D eigenvalue weighted by atomic mass is 10.0. The number of ether oxygens (including phenoxy) is 1. The van der Waals surface area contributed by atoms with E-state index in [1.807, 2.05) is 0 Å². The summed E-state index contributed by atoms with van der Waals surface area (Å²) in [6, 6.07) is 6.68. The molecule has 0 aliphatic heterocycles. The smallest absolute Gasteiger partial charge is 0.228 e. The Balaban J connectivity index is 0.00000400. The number of carbonyl (C=O) groups is 2. The van der Waals surface area contributed by atoms with Gasteiger partial charge >= 0.3 is 0 Å². The summed E-state index contributed by atoms with van der Waals surface area (Å²) in [5.41, 5.74) is 11.4. The Hall–Kier alpha value is -1.79. The SMILES string of the molecule is CC(N)C(C)C(=O)Nc1ccc(OCCC(N)=O)cc1.Cl. The lowest BCUT2D eigenvalue weighted by Gasteiger charge is -2.15. The van der Waals surface area contributed by atoms with Gasteiger partial charge in [0.15, 0.2) is 0 Å². The van der Waals surface area contributed by atoms with Crippen molar-refractivity contribution in [2.45, 2.75) is 26.3 Å². The first-order valence-electron chi connectivity index (χ1n) is 6.47. The maximum absolute atomic E-state index is 11.8. The molecule has 0 aliphatic rings. The summed E-state index contributed by atoms with van der Waals surface area (Å²) >= 11 is 0. The van der Waals surface area contributed by atoms with Crippen LogP contribution in [0, 0.1) is 5.92 Å². The van der Waals surface area contributed by atoms with Gasteiger partial charge in [0.05, 0.1) is 18.9 Å². The molecule has 1 aromatic rings. The predicted octanol–water partition coefficient (Wildman–Crippen LogP) is 1.28. The van der Waals surface area contributed by atoms with Crippen LogP contribution >= 0.6 is 12.4 Å². The van der Waals surface area contributed by atoms with Crippen LogP contribution < -0.4 is 21.5 Å². The number of nitrogens with two attached hydrogens (primary N) is 2. The Morgan fingerprint density at radius 1 is 1.24 bits per heavy atom. The van der Waals surface area contributed by atoms with Crippen LogP contribution in [-0.2, 0) is 9.59 Å². The topological polar surface area (TPSA) is 107 Å². The van der Waals surface area contributed by atoms with Gasteiger partial charge in [-0.15, -0.1) is 12.4 Å². The summed E-state index contributed by atoms with van der Waals surface area (Å²) in [4.78, 5) is 22.4. The van der Waals surface area contributed by atoms with E-state index in [2.05, 4.69) is 5.32 Å². The van der Waals surface area contributed by atoms with E-state index in [-0.39, 0.29) is 43.3 Å². The second kappa shape index (κ2) is 9.20. The maximum Gasteiger partial charge on any atom is 0.228 e. The number of nitrogens with one attached hydrogen (secondary N) is 1. The van der Waals surface area contributed by atoms with Gasteiger partial charge in [-0.2, -0.15) is 0 Å². The van der Waals surface area contributed by atoms with Crippen molar-refractivity contribution in [3.63, 3.8) is 0 Å². The van der Waals surface area contributed by atoms with Gasteiger partial charge in [0.2, 0.25) is 11.8 Å². The molecule has 0 spiro atoms. The first kappa shape index (κ1) is 19.2. The molecule has 0 heterocycles. The van der Waals surface area contributed by atoms with Crippen LogP contribution in [0.5, 0.6) is 5.75 Å². The monoisotopic (exact) mass is 315 g/mol. The minimum Gasteiger partial charge on any atom is -0.493 e. The van der Waals surface area contributed by atoms with Crippen LogP contribution in [0.4, 0.5) is 5.69 Å². The molecule has 0 saturated heterocycles. The van der Waals surface area contributed by atoms with Gasteiger partial charge in [0.1, 0.15) is 5.75 Å². The van der Waals surface area contributed by atoms with Gasteiger partial charge in [0, 0.05) is 11.7 Å². The van der Waals surface area contributed by atoms with Gasteiger partial charge in [-0.1, -0.05) is 6.92 Å². The number of halogens is 1. The molecule has 0 aliphatic carbocycles. The average molecular weight is 316 g/mol. The molecule has 0 radical (unpaired) electrons. The summed E-state index contributed by atoms with van der Waals surface area (Å²) in [7, 11) is 0. The van der Waals surface area contributed by atoms with E-state index in [0.717, 1.165) is 0 Å². The van der Waals surface area contributed by atoms with Crippen LogP contribution in [0.1, 0.15) is 20.3 Å². The van der Waals surface area contributed by atoms with Crippen molar-refractivity contribution < 1.29 is 14.3 Å². The number of hydrogen-bond acceptors (Lipinski definition) is 4. The third kappa shape index (κ3) is 6.97. The molecule has 0 saturated carbocycles. The number of primary amides is 1. The zero-order chi connectivity index (χ0) is 15.1. The first-order chi connectivity index (χ1) is 9.40. The molecule has 7 heteroatoms. The third-order valence-electron chi connectivity index (χ3n) is 2.94. The van der Waals surface area contributed by atoms with Crippen LogP contribution in [0.2, 0.25) is 0 Å². The van der Waals surface area contributed by atoms with E-state index >= 15 is 0 Å². The van der Waals surface area contributed by atoms with Crippen molar-refractivity contribution in [2.75, 3.05) is 11.9 Å². The van der Waals surface area contributed by atoms with Crippen molar-refractivity contribution in [2.24, 2.45) is 17.4 Å². The Kier molecular flexibility index (Phi) is 8.42. The molecule has 118 valence electrons. The van der Waals surface area contributed by atoms with Crippen molar-refractivity contribution in [1.82, 2.24) is 0 Å². The highest BCUT2D eigenvalue weighted by Crippen LogP contribution is 2.16. The zero-order valence-corrected chi connectivity index (χ0v) is 13.0. The molecule has 2 amide bonds. The largest absolute Gasteiger partial charge is 0.493 e. The Morgan fingerprint density at radius 3 is 2.29 bits per heavy atom. The molecule has 1 rings (SSSR count). The quantitative estimate of drug-likeness (QED) is 0.704. The predicted molar refractivity (Wildman–Crippen MR) is 84.4 cm³/mol. The minimum absolute atomic E-state index is 0. The fourth-order valence-electron chi connectivity index (χ4n) is 1.40. The molecule has 2 atom stereocenters. The molecule has 0 fully saturated rings. The number of hydrogen-bond donors (Lipinski definition) is 3. The fourth-order valence-corrected chi connectivity index (χ4v) is 1.40. The maximum atomic E-state index is 11.8. The fraction of sp³-hybridized carbons (Fsp3) is 0.429. The standard InChI is InChI=1S/C14H21N3O3.ClH/c1-9(10(2)15)14(19)17-11-3-5-12(6-4-11)20-8-7-13(16)18;/h3-6,9-10H,7-8,15H2,1-2H3,(H2,16,18)(H,17,19);1H. The van der Waals surface area contributed by atoms with Crippen LogP contribution in [0.15, 0.2) is 24.3 Å². The summed E-state index contributed by atoms with van der Waals surface area (Å²) < 4.78 is 5.33. The van der Waals surface area contributed by atoms with Crippen molar-refractivity contribution >= 4 is 29.9 Å². The Labute approximate surface area is 130 Å². The number of anilines is 1. The number of rotatable bonds is 7. The normalized spacial score (nSPS) is 12.7. The van der Waals surface area contributed by atoms with Gasteiger partial charge in [-0.25, -0.2) is 0 Å². The third-order valence-corrected chi connectivity index (χ3v) is 2.94. The van der Waals surface area contributed by atoms with Crippen molar-refractivity contribution in [3.05, 3.63) is 24.3 Å². The highest BCUT2D eigenvalue weighted by Gasteiger charge is 2.16. The van der Waals surface area contributed by atoms with Gasteiger partial charge < -0.3 is 21.5 Å². The molecule has 6 nitrogen and oxygen atoms in total. The summed E-state index contributed by atoms with van der Waals surface area (Å²) in [5.74, 6) is -0.174. The number of carbonyl (C=O) groups excluding carboxylic acids is 2. The molecule has 2 unspecified atom stereocenters. The Morgan fingerprint density at radius 2 is 1.81 bits per heavy atom. The van der Waals surface area contributed by atoms with Crippen molar-refractivity contribution in [3.8, 4) is 5.75 Å². The van der Waals surface area contributed by atoms with Crippen LogP contribution in [0.25, 0.3) is 0 Å². The lowest BCUT2D eigenvalue weighted by Crippen LogP contribution is -2.34. The van der Waals surface area contributed by atoms with E-state index in [1.165, 1.54) is 0 Å². The summed E-state index contributed by atoms with van der Waals surface area (Å²) in [5, 5.41) is 2.78. The zero-order valence-electron chi connectivity index (χ0n) is 12.2. The number of benzene rings is 1. The summed E-state index contributed by atoms with van der Waals surface area (Å²) in [6.45, 7) is 3.81. The highest BCUT2D eigenvalue weighted by atomic mass is 35.5. The second-order valence-corrected chi connectivity index (χ2v) is 4.73. The number of amides is 2. The van der Waals surface area contributed by atoms with Gasteiger partial charge in [0.25, 0.3) is 0 Å². The van der Waals surface area contributed by atoms with Crippen LogP contribution in [0.3, 0.4) is 0 Å². The van der Waals surface area contributed by atoms with E-state index < -0.39 is 5.91 Å². The van der Waals surface area contributed by atoms with Crippen LogP contribution in [-0.4, -0.2) is 24.5 Å².